The highest BCUT2D eigenvalue weighted by atomic mass is 16.5. The van der Waals surface area contributed by atoms with Gasteiger partial charge in [-0.05, 0) is 19.1 Å². The van der Waals surface area contributed by atoms with Crippen LogP contribution in [0.5, 0.6) is 0 Å². The van der Waals surface area contributed by atoms with Gasteiger partial charge in [0.15, 0.2) is 0 Å². The molecule has 0 unspecified atom stereocenters. The number of pyridine rings is 1. The van der Waals surface area contributed by atoms with E-state index in [9.17, 15) is 0 Å². The molecule has 68 valence electrons. The zero-order chi connectivity index (χ0) is 9.26. The number of rotatable bonds is 2. The fraction of sp³-hybridized carbons (Fsp3) is 0.300. The summed E-state index contributed by atoms with van der Waals surface area (Å²) >= 11 is 0. The number of aromatic nitrogens is 2. The number of hydrogen-bond donors (Lipinski definition) is 0. The van der Waals surface area contributed by atoms with E-state index in [-0.39, 0.29) is 0 Å². The minimum Gasteiger partial charge on any atom is -0.380 e. The summed E-state index contributed by atoms with van der Waals surface area (Å²) in [5.41, 5.74) is 3.44. The molecule has 0 spiro atoms. The molecule has 0 aliphatic rings. The van der Waals surface area contributed by atoms with Crippen molar-refractivity contribution < 1.29 is 4.74 Å². The van der Waals surface area contributed by atoms with Crippen molar-refractivity contribution in [2.24, 2.45) is 0 Å². The molecule has 2 aromatic rings. The van der Waals surface area contributed by atoms with Crippen molar-refractivity contribution in [2.75, 3.05) is 7.11 Å². The highest BCUT2D eigenvalue weighted by Crippen LogP contribution is 2.13. The van der Waals surface area contributed by atoms with E-state index in [4.69, 9.17) is 4.74 Å². The first-order valence-electron chi connectivity index (χ1n) is 4.24. The molecule has 0 amide bonds. The Bertz CT molecular complexity index is 420. The molecule has 3 nitrogen and oxygen atoms in total. The molecule has 0 saturated heterocycles. The van der Waals surface area contributed by atoms with Crippen molar-refractivity contribution in [2.45, 2.75) is 13.5 Å². The second-order valence-corrected chi connectivity index (χ2v) is 3.06. The highest BCUT2D eigenvalue weighted by Gasteiger charge is 2.02. The Kier molecular flexibility index (Phi) is 2.02. The highest BCUT2D eigenvalue weighted by molar-refractivity contribution is 5.54. The maximum atomic E-state index is 5.10. The van der Waals surface area contributed by atoms with Crippen LogP contribution in [-0.2, 0) is 11.3 Å². The Morgan fingerprint density at radius 3 is 3.00 bits per heavy atom. The summed E-state index contributed by atoms with van der Waals surface area (Å²) in [6.45, 7) is 2.67. The molecule has 0 aliphatic carbocycles. The molecule has 2 heterocycles. The molecule has 0 bridgehead atoms. The second-order valence-electron chi connectivity index (χ2n) is 3.06. The topological polar surface area (TPSA) is 26.5 Å². The van der Waals surface area contributed by atoms with Crippen LogP contribution >= 0.6 is 0 Å². The lowest BCUT2D eigenvalue weighted by atomic mass is 10.2. The smallest absolute Gasteiger partial charge is 0.0734 e. The number of fused-ring (bicyclic) bond motifs is 1. The molecular weight excluding hydrogens is 164 g/mol. The number of nitrogens with zero attached hydrogens (tertiary/aromatic N) is 2. The van der Waals surface area contributed by atoms with Gasteiger partial charge in [-0.25, -0.2) is 4.52 Å². The van der Waals surface area contributed by atoms with Gasteiger partial charge in [0.2, 0.25) is 0 Å². The van der Waals surface area contributed by atoms with E-state index >= 15 is 0 Å². The van der Waals surface area contributed by atoms with Crippen molar-refractivity contribution in [1.29, 1.82) is 0 Å². The molecular formula is C10H12N2O. The lowest BCUT2D eigenvalue weighted by molar-refractivity contribution is 0.185. The fourth-order valence-electron chi connectivity index (χ4n) is 1.48. The van der Waals surface area contributed by atoms with Gasteiger partial charge in [0, 0.05) is 24.6 Å². The molecule has 13 heavy (non-hydrogen) atoms. The van der Waals surface area contributed by atoms with E-state index in [1.807, 2.05) is 29.8 Å². The third-order valence-corrected chi connectivity index (χ3v) is 2.13. The van der Waals surface area contributed by atoms with Crippen LogP contribution in [0, 0.1) is 6.92 Å². The Balaban J connectivity index is 2.64. The Morgan fingerprint density at radius 1 is 1.38 bits per heavy atom. The summed E-state index contributed by atoms with van der Waals surface area (Å²) in [4.78, 5) is 0. The summed E-state index contributed by atoms with van der Waals surface area (Å²) in [6, 6.07) is 6.13. The molecule has 2 aromatic heterocycles. The lowest BCUT2D eigenvalue weighted by Crippen LogP contribution is -1.97. The molecule has 0 atom stereocenters. The van der Waals surface area contributed by atoms with Crippen LogP contribution in [0.25, 0.3) is 5.52 Å². The largest absolute Gasteiger partial charge is 0.380 e. The minimum absolute atomic E-state index is 0.634. The second kappa shape index (κ2) is 3.18. The number of hydrogen-bond acceptors (Lipinski definition) is 2. The predicted molar refractivity (Wildman–Crippen MR) is 50.6 cm³/mol. The van der Waals surface area contributed by atoms with E-state index < -0.39 is 0 Å². The van der Waals surface area contributed by atoms with E-state index in [1.54, 1.807) is 7.11 Å². The minimum atomic E-state index is 0.634. The molecule has 0 aromatic carbocycles. The molecule has 2 rings (SSSR count). The van der Waals surface area contributed by atoms with Crippen molar-refractivity contribution in [1.82, 2.24) is 9.61 Å². The van der Waals surface area contributed by atoms with Crippen molar-refractivity contribution in [3.8, 4) is 0 Å². The maximum Gasteiger partial charge on any atom is 0.0734 e. The van der Waals surface area contributed by atoms with Crippen LogP contribution in [0.4, 0.5) is 0 Å². The van der Waals surface area contributed by atoms with Gasteiger partial charge in [-0.1, -0.05) is 6.07 Å². The van der Waals surface area contributed by atoms with Crippen molar-refractivity contribution >= 4 is 5.52 Å². The van der Waals surface area contributed by atoms with Gasteiger partial charge in [-0.2, -0.15) is 5.10 Å². The normalized spacial score (nSPS) is 10.9. The van der Waals surface area contributed by atoms with Gasteiger partial charge in [0.25, 0.3) is 0 Å². The van der Waals surface area contributed by atoms with Crippen LogP contribution in [0.3, 0.4) is 0 Å². The van der Waals surface area contributed by atoms with Crippen LogP contribution in [-0.4, -0.2) is 16.7 Å². The number of aryl methyl sites for hydroxylation is 1. The Labute approximate surface area is 76.9 Å². The average molecular weight is 176 g/mol. The average Bonchev–Trinajstić information content (AvgIpc) is 2.59. The zero-order valence-corrected chi connectivity index (χ0v) is 7.82. The number of ether oxygens (including phenoxy) is 1. The molecule has 0 N–H and O–H groups in total. The first-order valence-corrected chi connectivity index (χ1v) is 4.24. The van der Waals surface area contributed by atoms with Gasteiger partial charge in [-0.3, -0.25) is 0 Å². The summed E-state index contributed by atoms with van der Waals surface area (Å²) in [7, 11) is 1.70. The summed E-state index contributed by atoms with van der Waals surface area (Å²) in [5.74, 6) is 0. The number of methoxy groups -OCH3 is 1. The molecule has 0 radical (unpaired) electrons. The van der Waals surface area contributed by atoms with E-state index in [0.29, 0.717) is 6.61 Å². The van der Waals surface area contributed by atoms with Crippen molar-refractivity contribution in [3.05, 3.63) is 35.7 Å². The molecule has 0 aliphatic heterocycles. The first-order chi connectivity index (χ1) is 6.33. The van der Waals surface area contributed by atoms with E-state index in [0.717, 1.165) is 11.2 Å². The van der Waals surface area contributed by atoms with Gasteiger partial charge in [0.05, 0.1) is 12.1 Å². The SMILES string of the molecule is COCc1ccc(C)n2nccc12. The summed E-state index contributed by atoms with van der Waals surface area (Å²) in [6.07, 6.45) is 1.81. The van der Waals surface area contributed by atoms with Crippen LogP contribution < -0.4 is 0 Å². The van der Waals surface area contributed by atoms with Gasteiger partial charge in [0.1, 0.15) is 0 Å². The van der Waals surface area contributed by atoms with Crippen LogP contribution in [0.2, 0.25) is 0 Å². The fourth-order valence-corrected chi connectivity index (χ4v) is 1.48. The summed E-state index contributed by atoms with van der Waals surface area (Å²) in [5, 5.41) is 4.22. The van der Waals surface area contributed by atoms with Gasteiger partial charge < -0.3 is 4.74 Å². The van der Waals surface area contributed by atoms with Crippen LogP contribution in [0.1, 0.15) is 11.3 Å². The predicted octanol–water partition coefficient (Wildman–Crippen LogP) is 1.79. The Hall–Kier alpha value is -1.35. The Morgan fingerprint density at radius 2 is 2.23 bits per heavy atom. The van der Waals surface area contributed by atoms with E-state index in [1.165, 1.54) is 5.56 Å². The maximum absolute atomic E-state index is 5.10. The monoisotopic (exact) mass is 176 g/mol. The third-order valence-electron chi connectivity index (χ3n) is 2.13. The first kappa shape index (κ1) is 8.26. The van der Waals surface area contributed by atoms with Gasteiger partial charge in [-0.15, -0.1) is 0 Å². The standard InChI is InChI=1S/C10H12N2O/c1-8-3-4-9(7-13-2)10-5-6-11-12(8)10/h3-6H,7H2,1-2H3. The van der Waals surface area contributed by atoms with Gasteiger partial charge >= 0.3 is 0 Å². The third kappa shape index (κ3) is 1.31. The lowest BCUT2D eigenvalue weighted by Gasteiger charge is -2.04. The zero-order valence-electron chi connectivity index (χ0n) is 7.82. The van der Waals surface area contributed by atoms with Crippen molar-refractivity contribution in [3.63, 3.8) is 0 Å². The molecule has 0 fully saturated rings. The van der Waals surface area contributed by atoms with Crippen LogP contribution in [0.15, 0.2) is 24.4 Å². The molecule has 0 saturated carbocycles. The quantitative estimate of drug-likeness (QED) is 0.697. The van der Waals surface area contributed by atoms with E-state index in [2.05, 4.69) is 11.2 Å². The molecule has 3 heteroatoms. The summed E-state index contributed by atoms with van der Waals surface area (Å²) < 4.78 is 7.03.